The fourth-order valence-electron chi connectivity index (χ4n) is 3.83. The van der Waals surface area contributed by atoms with Gasteiger partial charge in [-0.1, -0.05) is 36.9 Å². The summed E-state index contributed by atoms with van der Waals surface area (Å²) >= 11 is 0. The average Bonchev–Trinajstić information content (AvgIpc) is 2.92. The van der Waals surface area contributed by atoms with Crippen LogP contribution in [-0.4, -0.2) is 71.6 Å². The first-order valence-electron chi connectivity index (χ1n) is 12.4. The van der Waals surface area contributed by atoms with Crippen molar-refractivity contribution in [1.82, 2.24) is 0 Å². The lowest BCUT2D eigenvalue weighted by Gasteiger charge is -2.34. The maximum Gasteiger partial charge on any atom is 0.207 e. The van der Waals surface area contributed by atoms with Gasteiger partial charge in [-0.05, 0) is 54.5 Å². The lowest BCUT2D eigenvalue weighted by atomic mass is 9.86. The highest BCUT2D eigenvalue weighted by molar-refractivity contribution is 5.45. The van der Waals surface area contributed by atoms with E-state index in [2.05, 4.69) is 13.2 Å². The van der Waals surface area contributed by atoms with Crippen molar-refractivity contribution in [2.24, 2.45) is 5.92 Å². The molecule has 0 amide bonds. The normalized spacial score (nSPS) is 20.4. The first kappa shape index (κ1) is 34.9. The molecular weight excluding hydrogens is 536 g/mol. The van der Waals surface area contributed by atoms with Gasteiger partial charge in [0.25, 0.3) is 0 Å². The van der Waals surface area contributed by atoms with E-state index in [1.807, 2.05) is 0 Å². The van der Waals surface area contributed by atoms with Crippen LogP contribution in [0.1, 0.15) is 29.6 Å². The molecule has 0 bridgehead atoms. The van der Waals surface area contributed by atoms with Crippen molar-refractivity contribution in [3.63, 3.8) is 0 Å². The third-order valence-corrected chi connectivity index (χ3v) is 5.90. The minimum Gasteiger partial charge on any atom is -0.508 e. The van der Waals surface area contributed by atoms with Gasteiger partial charge >= 0.3 is 0 Å². The van der Waals surface area contributed by atoms with E-state index < -0.39 is 36.6 Å². The van der Waals surface area contributed by atoms with Gasteiger partial charge in [-0.3, -0.25) is 0 Å². The predicted octanol–water partition coefficient (Wildman–Crippen LogP) is 2.37. The smallest absolute Gasteiger partial charge is 0.207 e. The fourth-order valence-corrected chi connectivity index (χ4v) is 3.83. The molecule has 2 aromatic carbocycles. The molecule has 0 saturated heterocycles. The molecule has 3 unspecified atom stereocenters. The van der Waals surface area contributed by atoms with Gasteiger partial charge in [0.15, 0.2) is 0 Å². The minimum atomic E-state index is -1.29. The maximum absolute atomic E-state index is 10.4. The molecule has 41 heavy (non-hydrogen) atoms. The Morgan fingerprint density at radius 3 is 2.29 bits per heavy atom. The topological polar surface area (TPSA) is 212 Å². The van der Waals surface area contributed by atoms with Gasteiger partial charge < -0.3 is 55.8 Å². The van der Waals surface area contributed by atoms with E-state index in [-0.39, 0.29) is 41.5 Å². The summed E-state index contributed by atoms with van der Waals surface area (Å²) in [5, 5.41) is 76.7. The zero-order valence-electron chi connectivity index (χ0n) is 22.3. The van der Waals surface area contributed by atoms with Gasteiger partial charge in [0, 0.05) is 11.6 Å². The van der Waals surface area contributed by atoms with Crippen LogP contribution in [0.25, 0.3) is 0 Å². The van der Waals surface area contributed by atoms with Gasteiger partial charge in [-0.2, -0.15) is 0 Å². The first-order valence-corrected chi connectivity index (χ1v) is 12.4. The third kappa shape index (κ3) is 10.4. The van der Waals surface area contributed by atoms with E-state index in [4.69, 9.17) is 14.6 Å². The molecule has 1 aliphatic rings. The molecule has 0 saturated carbocycles. The minimum absolute atomic E-state index is 0. The number of fused-ring (bicyclic) bond motifs is 1. The van der Waals surface area contributed by atoms with E-state index in [1.165, 1.54) is 60.7 Å². The van der Waals surface area contributed by atoms with Crippen LogP contribution >= 0.6 is 0 Å². The van der Waals surface area contributed by atoms with Gasteiger partial charge in [0.2, 0.25) is 12.6 Å². The fraction of sp³-hybridized carbons (Fsp3) is 0.267. The molecule has 224 valence electrons. The second-order valence-corrected chi connectivity index (χ2v) is 8.72. The molecule has 0 fully saturated rings. The Balaban J connectivity index is 0.000000400. The molecule has 10 N–H and O–H groups in total. The highest BCUT2D eigenvalue weighted by Crippen LogP contribution is 2.44. The Morgan fingerprint density at radius 2 is 1.68 bits per heavy atom. The van der Waals surface area contributed by atoms with Crippen LogP contribution in [0.15, 0.2) is 104 Å². The maximum atomic E-state index is 10.4. The second kappa shape index (κ2) is 17.6. The van der Waals surface area contributed by atoms with E-state index in [1.54, 1.807) is 18.2 Å². The van der Waals surface area contributed by atoms with Crippen LogP contribution in [-0.2, 0) is 4.74 Å². The number of phenols is 2. The third-order valence-electron chi connectivity index (χ3n) is 5.90. The lowest BCUT2D eigenvalue weighted by molar-refractivity contribution is -0.108. The number of phenolic OH excluding ortho intramolecular Hbond substituents is 2. The second-order valence-electron chi connectivity index (χ2n) is 8.72. The summed E-state index contributed by atoms with van der Waals surface area (Å²) in [4.78, 5) is 0. The highest BCUT2D eigenvalue weighted by atomic mass is 16.6. The lowest BCUT2D eigenvalue weighted by Crippen LogP contribution is -2.34. The standard InChI is InChI=1S/C15H14O5.C15H22O5.H2O/c16-9-3-1-8(2-4-9)13-14(18)11-6-5-10(17)7-12(11)20-15(13)19;1-3-7-14(18)13(9-5-8-12(17)4-2)15(19)20-11-6-10-16;/h1-7,13-19H;3-6,8-9,11,13-19H,1-2,7,10H2;1H2/t13-,14-,15?;13?,14-,15?;/m00./s1. The van der Waals surface area contributed by atoms with E-state index in [9.17, 15) is 35.7 Å². The summed E-state index contributed by atoms with van der Waals surface area (Å²) in [5.74, 6) is -1.03. The van der Waals surface area contributed by atoms with Crippen molar-refractivity contribution < 1.29 is 55.8 Å². The van der Waals surface area contributed by atoms with E-state index in [0.29, 0.717) is 11.1 Å². The average molecular weight is 575 g/mol. The molecule has 0 spiro atoms. The number of hydrogen-bond donors (Lipinski definition) is 8. The van der Waals surface area contributed by atoms with Gasteiger partial charge in [0.05, 0.1) is 36.9 Å². The molecule has 1 aliphatic heterocycles. The number of aliphatic hydroxyl groups is 6. The van der Waals surface area contributed by atoms with Crippen molar-refractivity contribution >= 4 is 0 Å². The predicted molar refractivity (Wildman–Crippen MR) is 152 cm³/mol. The van der Waals surface area contributed by atoms with Crippen LogP contribution in [0.4, 0.5) is 0 Å². The number of benzene rings is 2. The van der Waals surface area contributed by atoms with E-state index in [0.717, 1.165) is 6.26 Å². The number of ether oxygens (including phenoxy) is 2. The summed E-state index contributed by atoms with van der Waals surface area (Å²) in [5.41, 5.74) is 1.16. The van der Waals surface area contributed by atoms with Crippen molar-refractivity contribution in [2.75, 3.05) is 6.61 Å². The number of allylic oxidation sites excluding steroid dienone is 3. The quantitative estimate of drug-likeness (QED) is 0.0849. The molecular formula is C30H38O11. The zero-order chi connectivity index (χ0) is 29.7. The van der Waals surface area contributed by atoms with Gasteiger partial charge in [-0.15, -0.1) is 6.58 Å². The molecule has 11 nitrogen and oxygen atoms in total. The first-order chi connectivity index (χ1) is 19.1. The molecule has 2 aromatic rings. The Morgan fingerprint density at radius 1 is 1.02 bits per heavy atom. The van der Waals surface area contributed by atoms with Crippen molar-refractivity contribution in [3.8, 4) is 17.2 Å². The number of rotatable bonds is 11. The monoisotopic (exact) mass is 574 g/mol. The molecule has 0 radical (unpaired) electrons. The van der Waals surface area contributed by atoms with Gasteiger partial charge in [-0.25, -0.2) is 0 Å². The van der Waals surface area contributed by atoms with Crippen molar-refractivity contribution in [3.05, 3.63) is 115 Å². The number of hydrogen-bond acceptors (Lipinski definition) is 10. The Labute approximate surface area is 238 Å². The number of aliphatic hydroxyl groups excluding tert-OH is 6. The summed E-state index contributed by atoms with van der Waals surface area (Å²) in [6.07, 6.45) is 5.52. The van der Waals surface area contributed by atoms with Crippen LogP contribution in [0, 0.1) is 5.92 Å². The summed E-state index contributed by atoms with van der Waals surface area (Å²) < 4.78 is 10.3. The molecule has 3 rings (SSSR count). The molecule has 1 heterocycles. The Kier molecular flexibility index (Phi) is 15.0. The number of aromatic hydroxyl groups is 2. The van der Waals surface area contributed by atoms with Crippen molar-refractivity contribution in [1.29, 1.82) is 0 Å². The van der Waals surface area contributed by atoms with E-state index >= 15 is 0 Å². The molecule has 0 aliphatic carbocycles. The van der Waals surface area contributed by atoms with Crippen molar-refractivity contribution in [2.45, 2.75) is 37.1 Å². The zero-order valence-corrected chi connectivity index (χ0v) is 22.3. The summed E-state index contributed by atoms with van der Waals surface area (Å²) in [7, 11) is 0. The molecule has 11 heteroatoms. The van der Waals surface area contributed by atoms with Crippen LogP contribution in [0.5, 0.6) is 17.2 Å². The van der Waals surface area contributed by atoms with Crippen LogP contribution in [0.2, 0.25) is 0 Å². The largest absolute Gasteiger partial charge is 0.508 e. The Bertz CT molecular complexity index is 1170. The Hall–Kier alpha value is -4.10. The van der Waals surface area contributed by atoms with Crippen LogP contribution in [0.3, 0.4) is 0 Å². The summed E-state index contributed by atoms with van der Waals surface area (Å²) in [6, 6.07) is 10.6. The molecule has 0 aromatic heterocycles. The van der Waals surface area contributed by atoms with Crippen LogP contribution < -0.4 is 4.74 Å². The van der Waals surface area contributed by atoms with Gasteiger partial charge in [0.1, 0.15) is 23.0 Å². The SMILES string of the molecule is C=CC[C@H](O)C(C=CC=C(O)C=C)C(O)OC=CCO.O.Oc1ccc([C@@H]2C(O)Oc3cc(O)ccc3[C@@H]2O)cc1. The summed E-state index contributed by atoms with van der Waals surface area (Å²) in [6.45, 7) is 6.70. The molecule has 6 atom stereocenters. The highest BCUT2D eigenvalue weighted by Gasteiger charge is 2.37.